The quantitative estimate of drug-likeness (QED) is 0.426. The van der Waals surface area contributed by atoms with Crippen LogP contribution in [0.4, 0.5) is 13.2 Å². The van der Waals surface area contributed by atoms with E-state index in [0.29, 0.717) is 22.2 Å². The van der Waals surface area contributed by atoms with Crippen LogP contribution in [0, 0.1) is 0 Å². The van der Waals surface area contributed by atoms with E-state index in [0.717, 1.165) is 17.8 Å². The molecule has 3 aromatic heterocycles. The fraction of sp³-hybridized carbons (Fsp3) is 0.0833. The zero-order chi connectivity index (χ0) is 23.0. The van der Waals surface area contributed by atoms with Gasteiger partial charge in [0, 0.05) is 17.1 Å². The Morgan fingerprint density at radius 3 is 2.48 bits per heavy atom. The molecule has 0 atom stereocenters. The molecule has 0 fully saturated rings. The van der Waals surface area contributed by atoms with Crippen LogP contribution < -0.4 is 5.32 Å². The van der Waals surface area contributed by atoms with Gasteiger partial charge in [-0.3, -0.25) is 9.20 Å². The summed E-state index contributed by atoms with van der Waals surface area (Å²) in [5, 5.41) is 11.2. The summed E-state index contributed by atoms with van der Waals surface area (Å²) in [5.74, 6) is -0.208. The molecule has 6 nitrogen and oxygen atoms in total. The first kappa shape index (κ1) is 20.6. The molecule has 5 aromatic rings. The highest BCUT2D eigenvalue weighted by Gasteiger charge is 2.31. The van der Waals surface area contributed by atoms with Crippen LogP contribution in [0.5, 0.6) is 0 Å². The summed E-state index contributed by atoms with van der Waals surface area (Å²) in [4.78, 5) is 17.8. The molecule has 0 radical (unpaired) electrons. The standard InChI is InChI=1S/C24H16F3N5O/c25-24(26,27)16-10-11-21-30-31-22(32(21)14-16)13-28-23(33)18-12-20(15-6-2-1-3-7-15)29-19-9-5-4-8-17(18)19/h1-12,14H,13H2,(H,28,33). The Labute approximate surface area is 185 Å². The highest BCUT2D eigenvalue weighted by molar-refractivity contribution is 6.07. The molecule has 33 heavy (non-hydrogen) atoms. The molecular weight excluding hydrogens is 431 g/mol. The van der Waals surface area contributed by atoms with Crippen molar-refractivity contribution in [2.45, 2.75) is 12.7 Å². The van der Waals surface area contributed by atoms with Crippen molar-refractivity contribution < 1.29 is 18.0 Å². The Bertz CT molecular complexity index is 1480. The van der Waals surface area contributed by atoms with Gasteiger partial charge >= 0.3 is 6.18 Å². The third-order valence-corrected chi connectivity index (χ3v) is 5.24. The fourth-order valence-electron chi connectivity index (χ4n) is 3.60. The van der Waals surface area contributed by atoms with Crippen molar-refractivity contribution in [1.29, 1.82) is 0 Å². The molecule has 0 unspecified atom stereocenters. The number of halogens is 3. The first-order valence-corrected chi connectivity index (χ1v) is 10.0. The van der Waals surface area contributed by atoms with E-state index in [1.807, 2.05) is 48.5 Å². The molecule has 0 aliphatic heterocycles. The lowest BCUT2D eigenvalue weighted by Gasteiger charge is -2.11. The predicted molar refractivity (Wildman–Crippen MR) is 116 cm³/mol. The van der Waals surface area contributed by atoms with Crippen molar-refractivity contribution in [3.63, 3.8) is 0 Å². The van der Waals surface area contributed by atoms with E-state index in [2.05, 4.69) is 20.5 Å². The number of carbonyl (C=O) groups is 1. The second-order valence-corrected chi connectivity index (χ2v) is 7.38. The van der Waals surface area contributed by atoms with Crippen LogP contribution in [0.2, 0.25) is 0 Å². The number of hydrogen-bond acceptors (Lipinski definition) is 4. The minimum atomic E-state index is -4.50. The lowest BCUT2D eigenvalue weighted by Crippen LogP contribution is -2.24. The average molecular weight is 447 g/mol. The summed E-state index contributed by atoms with van der Waals surface area (Å²) < 4.78 is 40.5. The number of rotatable bonds is 4. The number of alkyl halides is 3. The van der Waals surface area contributed by atoms with E-state index in [1.54, 1.807) is 12.1 Å². The largest absolute Gasteiger partial charge is 0.417 e. The van der Waals surface area contributed by atoms with Crippen LogP contribution in [0.3, 0.4) is 0 Å². The topological polar surface area (TPSA) is 72.2 Å². The molecule has 0 saturated carbocycles. The number of hydrogen-bond donors (Lipinski definition) is 1. The Kier molecular flexibility index (Phi) is 5.01. The predicted octanol–water partition coefficient (Wildman–Crippen LogP) is 4.89. The normalized spacial score (nSPS) is 11.7. The summed E-state index contributed by atoms with van der Waals surface area (Å²) >= 11 is 0. The van der Waals surface area contributed by atoms with Gasteiger partial charge in [0.25, 0.3) is 5.91 Å². The summed E-state index contributed by atoms with van der Waals surface area (Å²) in [6, 6.07) is 20.6. The lowest BCUT2D eigenvalue weighted by atomic mass is 10.0. The number of aromatic nitrogens is 4. The molecule has 2 aromatic carbocycles. The van der Waals surface area contributed by atoms with E-state index in [-0.39, 0.29) is 18.0 Å². The minimum absolute atomic E-state index is 0.0986. The van der Waals surface area contributed by atoms with Crippen LogP contribution in [0.25, 0.3) is 27.8 Å². The van der Waals surface area contributed by atoms with E-state index in [9.17, 15) is 18.0 Å². The third-order valence-electron chi connectivity index (χ3n) is 5.24. The van der Waals surface area contributed by atoms with Gasteiger partial charge in [0.15, 0.2) is 11.5 Å². The highest BCUT2D eigenvalue weighted by Crippen LogP contribution is 2.29. The number of pyridine rings is 2. The zero-order valence-electron chi connectivity index (χ0n) is 17.0. The number of nitrogens with zero attached hydrogens (tertiary/aromatic N) is 4. The Balaban J connectivity index is 1.48. The van der Waals surface area contributed by atoms with Gasteiger partial charge in [0.05, 0.1) is 28.9 Å². The van der Waals surface area contributed by atoms with E-state index < -0.39 is 17.6 Å². The van der Waals surface area contributed by atoms with Crippen molar-refractivity contribution in [3.8, 4) is 11.3 Å². The molecule has 0 aliphatic rings. The summed E-state index contributed by atoms with van der Waals surface area (Å²) in [5.41, 5.74) is 2.00. The Morgan fingerprint density at radius 2 is 1.70 bits per heavy atom. The van der Waals surface area contributed by atoms with Crippen LogP contribution in [-0.4, -0.2) is 25.5 Å². The van der Waals surface area contributed by atoms with Crippen LogP contribution in [0.1, 0.15) is 21.7 Å². The first-order chi connectivity index (χ1) is 15.9. The van der Waals surface area contributed by atoms with Crippen LogP contribution in [0.15, 0.2) is 79.0 Å². The van der Waals surface area contributed by atoms with Gasteiger partial charge in [-0.15, -0.1) is 10.2 Å². The molecule has 3 heterocycles. The molecule has 0 saturated heterocycles. The van der Waals surface area contributed by atoms with Crippen molar-refractivity contribution in [2.24, 2.45) is 0 Å². The van der Waals surface area contributed by atoms with Gasteiger partial charge in [-0.1, -0.05) is 48.5 Å². The summed E-state index contributed by atoms with van der Waals surface area (Å²) in [6.07, 6.45) is -3.57. The minimum Gasteiger partial charge on any atom is -0.345 e. The van der Waals surface area contributed by atoms with Gasteiger partial charge in [-0.05, 0) is 24.3 Å². The number of carbonyl (C=O) groups excluding carboxylic acids is 1. The third kappa shape index (κ3) is 4.00. The molecule has 164 valence electrons. The van der Waals surface area contributed by atoms with E-state index >= 15 is 0 Å². The highest BCUT2D eigenvalue weighted by atomic mass is 19.4. The van der Waals surface area contributed by atoms with Gasteiger partial charge in [-0.2, -0.15) is 13.2 Å². The number of fused-ring (bicyclic) bond motifs is 2. The van der Waals surface area contributed by atoms with Crippen molar-refractivity contribution in [1.82, 2.24) is 24.9 Å². The molecule has 1 N–H and O–H groups in total. The van der Waals surface area contributed by atoms with Crippen LogP contribution in [-0.2, 0) is 12.7 Å². The Morgan fingerprint density at radius 1 is 0.939 bits per heavy atom. The van der Waals surface area contributed by atoms with Gasteiger partial charge in [0.1, 0.15) is 0 Å². The number of para-hydroxylation sites is 1. The summed E-state index contributed by atoms with van der Waals surface area (Å²) in [6.45, 7) is -0.0986. The Hall–Kier alpha value is -4.27. The maximum atomic E-state index is 13.1. The van der Waals surface area contributed by atoms with Gasteiger partial charge in [-0.25, -0.2) is 4.98 Å². The fourth-order valence-corrected chi connectivity index (χ4v) is 3.60. The molecule has 0 bridgehead atoms. The molecule has 1 amide bonds. The average Bonchev–Trinajstić information content (AvgIpc) is 3.24. The molecule has 0 aliphatic carbocycles. The second-order valence-electron chi connectivity index (χ2n) is 7.38. The van der Waals surface area contributed by atoms with Gasteiger partial charge in [0.2, 0.25) is 0 Å². The van der Waals surface area contributed by atoms with Crippen molar-refractivity contribution >= 4 is 22.5 Å². The molecule has 0 spiro atoms. The smallest absolute Gasteiger partial charge is 0.345 e. The van der Waals surface area contributed by atoms with Crippen molar-refractivity contribution in [2.75, 3.05) is 0 Å². The zero-order valence-corrected chi connectivity index (χ0v) is 17.0. The molecule has 5 rings (SSSR count). The SMILES string of the molecule is O=C(NCc1nnc2ccc(C(F)(F)F)cn12)c1cc(-c2ccccc2)nc2ccccc12. The molecule has 9 heteroatoms. The van der Waals surface area contributed by atoms with E-state index in [1.165, 1.54) is 10.5 Å². The van der Waals surface area contributed by atoms with Crippen molar-refractivity contribution in [3.05, 3.63) is 95.9 Å². The van der Waals surface area contributed by atoms with Crippen LogP contribution >= 0.6 is 0 Å². The lowest BCUT2D eigenvalue weighted by molar-refractivity contribution is -0.137. The number of nitrogens with one attached hydrogen (secondary N) is 1. The maximum Gasteiger partial charge on any atom is 0.417 e. The first-order valence-electron chi connectivity index (χ1n) is 10.0. The van der Waals surface area contributed by atoms with E-state index in [4.69, 9.17) is 0 Å². The maximum absolute atomic E-state index is 13.1. The van der Waals surface area contributed by atoms with Gasteiger partial charge < -0.3 is 5.32 Å². The second kappa shape index (κ2) is 8.01. The summed E-state index contributed by atoms with van der Waals surface area (Å²) in [7, 11) is 0. The number of amides is 1. The monoisotopic (exact) mass is 447 g/mol. The molecular formula is C24H16F3N5O. The number of benzene rings is 2.